The SMILES string of the molecule is CC(CC(O)c1ccco1)NCc1nc(-c2ccccc2)cs1. The van der Waals surface area contributed by atoms with Crippen LogP contribution in [0.25, 0.3) is 11.3 Å². The molecule has 0 aliphatic rings. The van der Waals surface area contributed by atoms with Crippen molar-refractivity contribution in [1.82, 2.24) is 10.3 Å². The number of nitrogens with one attached hydrogen (secondary N) is 1. The summed E-state index contributed by atoms with van der Waals surface area (Å²) in [6.45, 7) is 2.75. The number of aliphatic hydroxyl groups is 1. The number of rotatable bonds is 7. The third-order valence-electron chi connectivity index (χ3n) is 3.67. The lowest BCUT2D eigenvalue weighted by Gasteiger charge is -2.15. The van der Waals surface area contributed by atoms with E-state index in [2.05, 4.69) is 34.7 Å². The third-order valence-corrected chi connectivity index (χ3v) is 4.52. The molecule has 0 aliphatic carbocycles. The number of aliphatic hydroxyl groups excluding tert-OH is 1. The molecule has 2 aromatic heterocycles. The zero-order valence-corrected chi connectivity index (χ0v) is 13.8. The van der Waals surface area contributed by atoms with Crippen LogP contribution in [0.4, 0.5) is 0 Å². The van der Waals surface area contributed by atoms with Crippen molar-refractivity contribution in [3.8, 4) is 11.3 Å². The van der Waals surface area contributed by atoms with Gasteiger partial charge in [0, 0.05) is 23.5 Å². The van der Waals surface area contributed by atoms with E-state index in [1.54, 1.807) is 29.7 Å². The molecule has 4 nitrogen and oxygen atoms in total. The highest BCUT2D eigenvalue weighted by molar-refractivity contribution is 7.09. The summed E-state index contributed by atoms with van der Waals surface area (Å²) in [4.78, 5) is 4.66. The Morgan fingerprint density at radius 3 is 2.78 bits per heavy atom. The van der Waals surface area contributed by atoms with Gasteiger partial charge >= 0.3 is 0 Å². The highest BCUT2D eigenvalue weighted by atomic mass is 32.1. The van der Waals surface area contributed by atoms with Gasteiger partial charge < -0.3 is 14.8 Å². The average Bonchev–Trinajstić information content (AvgIpc) is 3.25. The highest BCUT2D eigenvalue weighted by Gasteiger charge is 2.15. The van der Waals surface area contributed by atoms with E-state index in [4.69, 9.17) is 4.42 Å². The summed E-state index contributed by atoms with van der Waals surface area (Å²) in [7, 11) is 0. The van der Waals surface area contributed by atoms with Crippen LogP contribution in [0.15, 0.2) is 58.5 Å². The van der Waals surface area contributed by atoms with Crippen molar-refractivity contribution < 1.29 is 9.52 Å². The number of benzene rings is 1. The number of aromatic nitrogens is 1. The van der Waals surface area contributed by atoms with Crippen LogP contribution < -0.4 is 5.32 Å². The van der Waals surface area contributed by atoms with Gasteiger partial charge in [-0.1, -0.05) is 30.3 Å². The molecular weight excluding hydrogens is 308 g/mol. The van der Waals surface area contributed by atoms with Crippen LogP contribution in [-0.2, 0) is 6.54 Å². The Kier molecular flexibility index (Phi) is 5.23. The highest BCUT2D eigenvalue weighted by Crippen LogP contribution is 2.22. The van der Waals surface area contributed by atoms with Crippen molar-refractivity contribution in [1.29, 1.82) is 0 Å². The molecule has 0 spiro atoms. The van der Waals surface area contributed by atoms with Crippen LogP contribution in [-0.4, -0.2) is 16.1 Å². The number of hydrogen-bond donors (Lipinski definition) is 2. The minimum Gasteiger partial charge on any atom is -0.467 e. The first-order chi connectivity index (χ1) is 11.2. The lowest BCUT2D eigenvalue weighted by atomic mass is 10.1. The maximum atomic E-state index is 10.1. The number of nitrogens with zero attached hydrogens (tertiary/aromatic N) is 1. The maximum absolute atomic E-state index is 10.1. The fraction of sp³-hybridized carbons (Fsp3) is 0.278. The van der Waals surface area contributed by atoms with E-state index in [1.807, 2.05) is 18.2 Å². The average molecular weight is 328 g/mol. The van der Waals surface area contributed by atoms with E-state index in [0.717, 1.165) is 16.3 Å². The Bertz CT molecular complexity index is 710. The van der Waals surface area contributed by atoms with E-state index in [0.29, 0.717) is 18.7 Å². The fourth-order valence-corrected chi connectivity index (χ4v) is 3.16. The second-order valence-electron chi connectivity index (χ2n) is 5.54. The zero-order chi connectivity index (χ0) is 16.1. The van der Waals surface area contributed by atoms with Gasteiger partial charge in [-0.2, -0.15) is 0 Å². The third kappa shape index (κ3) is 4.28. The molecule has 2 atom stereocenters. The molecule has 0 amide bonds. The molecule has 0 radical (unpaired) electrons. The van der Waals surface area contributed by atoms with Crippen molar-refractivity contribution in [2.45, 2.75) is 32.0 Å². The van der Waals surface area contributed by atoms with Gasteiger partial charge in [-0.05, 0) is 25.5 Å². The van der Waals surface area contributed by atoms with E-state index in [-0.39, 0.29) is 6.04 Å². The van der Waals surface area contributed by atoms with Crippen molar-refractivity contribution in [2.75, 3.05) is 0 Å². The normalized spacial score (nSPS) is 13.8. The smallest absolute Gasteiger partial charge is 0.132 e. The maximum Gasteiger partial charge on any atom is 0.132 e. The second-order valence-corrected chi connectivity index (χ2v) is 6.48. The van der Waals surface area contributed by atoms with Crippen LogP contribution >= 0.6 is 11.3 Å². The fourth-order valence-electron chi connectivity index (χ4n) is 2.41. The van der Waals surface area contributed by atoms with Crippen LogP contribution in [0.5, 0.6) is 0 Å². The van der Waals surface area contributed by atoms with Gasteiger partial charge in [0.2, 0.25) is 0 Å². The Balaban J connectivity index is 1.51. The lowest BCUT2D eigenvalue weighted by molar-refractivity contribution is 0.128. The molecule has 2 N–H and O–H groups in total. The Hall–Kier alpha value is -1.95. The van der Waals surface area contributed by atoms with Gasteiger partial charge in [0.25, 0.3) is 0 Å². The van der Waals surface area contributed by atoms with Crippen LogP contribution in [0.3, 0.4) is 0 Å². The molecule has 0 saturated heterocycles. The summed E-state index contributed by atoms with van der Waals surface area (Å²) in [5.74, 6) is 0.610. The molecule has 3 rings (SSSR count). The van der Waals surface area contributed by atoms with Gasteiger partial charge in [-0.25, -0.2) is 4.98 Å². The van der Waals surface area contributed by atoms with Crippen molar-refractivity contribution in [3.63, 3.8) is 0 Å². The first-order valence-corrected chi connectivity index (χ1v) is 8.55. The number of furan rings is 1. The second kappa shape index (κ2) is 7.55. The van der Waals surface area contributed by atoms with Crippen LogP contribution in [0.1, 0.15) is 30.2 Å². The quantitative estimate of drug-likeness (QED) is 0.688. The van der Waals surface area contributed by atoms with Gasteiger partial charge in [-0.3, -0.25) is 0 Å². The summed E-state index contributed by atoms with van der Waals surface area (Å²) < 4.78 is 5.22. The molecule has 23 heavy (non-hydrogen) atoms. The monoisotopic (exact) mass is 328 g/mol. The van der Waals surface area contributed by atoms with Gasteiger partial charge in [0.1, 0.15) is 16.9 Å². The first kappa shape index (κ1) is 15.9. The topological polar surface area (TPSA) is 58.3 Å². The molecule has 0 bridgehead atoms. The van der Waals surface area contributed by atoms with Crippen LogP contribution in [0.2, 0.25) is 0 Å². The Morgan fingerprint density at radius 2 is 2.04 bits per heavy atom. The first-order valence-electron chi connectivity index (χ1n) is 7.67. The Labute approximate surface area is 139 Å². The largest absolute Gasteiger partial charge is 0.467 e. The van der Waals surface area contributed by atoms with E-state index in [9.17, 15) is 5.11 Å². The van der Waals surface area contributed by atoms with Gasteiger partial charge in [0.05, 0.1) is 12.0 Å². The Morgan fingerprint density at radius 1 is 1.22 bits per heavy atom. The zero-order valence-electron chi connectivity index (χ0n) is 13.0. The number of thiazole rings is 1. The lowest BCUT2D eigenvalue weighted by Crippen LogP contribution is -2.27. The molecule has 0 fully saturated rings. The molecule has 0 saturated carbocycles. The molecule has 1 aromatic carbocycles. The van der Waals surface area contributed by atoms with E-state index >= 15 is 0 Å². The van der Waals surface area contributed by atoms with Gasteiger partial charge in [-0.15, -0.1) is 11.3 Å². The summed E-state index contributed by atoms with van der Waals surface area (Å²) >= 11 is 1.65. The molecule has 0 aliphatic heterocycles. The minimum absolute atomic E-state index is 0.166. The molecule has 3 aromatic rings. The van der Waals surface area contributed by atoms with Crippen LogP contribution in [0, 0.1) is 0 Å². The van der Waals surface area contributed by atoms with Gasteiger partial charge in [0.15, 0.2) is 0 Å². The summed E-state index contributed by atoms with van der Waals surface area (Å²) in [6, 6.07) is 13.9. The van der Waals surface area contributed by atoms with Crippen molar-refractivity contribution in [2.24, 2.45) is 0 Å². The van der Waals surface area contributed by atoms with Crippen molar-refractivity contribution >= 4 is 11.3 Å². The molecule has 2 unspecified atom stereocenters. The molecular formula is C18H20N2O2S. The molecule has 5 heteroatoms. The van der Waals surface area contributed by atoms with Crippen molar-refractivity contribution in [3.05, 3.63) is 64.9 Å². The molecule has 120 valence electrons. The predicted molar refractivity (Wildman–Crippen MR) is 92.1 cm³/mol. The van der Waals surface area contributed by atoms with E-state index in [1.165, 1.54) is 0 Å². The number of hydrogen-bond acceptors (Lipinski definition) is 5. The summed E-state index contributed by atoms with van der Waals surface area (Å²) in [5.41, 5.74) is 2.15. The summed E-state index contributed by atoms with van der Waals surface area (Å²) in [5, 5.41) is 16.6. The standard InChI is InChI=1S/C18H20N2O2S/c1-13(10-16(21)17-8-5-9-22-17)19-11-18-20-15(12-23-18)14-6-3-2-4-7-14/h2-9,12-13,16,19,21H,10-11H2,1H3. The summed E-state index contributed by atoms with van der Waals surface area (Å²) in [6.07, 6.45) is 1.60. The minimum atomic E-state index is -0.580. The molecule has 2 heterocycles. The van der Waals surface area contributed by atoms with E-state index < -0.39 is 6.10 Å². The predicted octanol–water partition coefficient (Wildman–Crippen LogP) is 4.00.